The predicted octanol–water partition coefficient (Wildman–Crippen LogP) is 2.49. The Morgan fingerprint density at radius 3 is 2.33 bits per heavy atom. The maximum atomic E-state index is 10.3. The van der Waals surface area contributed by atoms with E-state index in [0.29, 0.717) is 12.5 Å². The van der Waals surface area contributed by atoms with Crippen LogP contribution < -0.4 is 5.32 Å². The molecule has 1 aromatic rings. The van der Waals surface area contributed by atoms with Crippen LogP contribution in [0, 0.1) is 5.92 Å². The van der Waals surface area contributed by atoms with Crippen LogP contribution in [-0.4, -0.2) is 24.2 Å². The van der Waals surface area contributed by atoms with Crippen LogP contribution in [0.1, 0.15) is 31.4 Å². The van der Waals surface area contributed by atoms with Gasteiger partial charge in [0.2, 0.25) is 0 Å². The molecule has 0 aliphatic heterocycles. The average Bonchev–Trinajstić information content (AvgIpc) is 2.30. The SMILES string of the molecule is CC(C)Cc1ccc(CCNCCC(=O)O)cc1. The van der Waals surface area contributed by atoms with E-state index in [9.17, 15) is 4.79 Å². The largest absolute Gasteiger partial charge is 0.481 e. The van der Waals surface area contributed by atoms with E-state index in [4.69, 9.17) is 5.11 Å². The highest BCUT2D eigenvalue weighted by molar-refractivity contribution is 5.66. The molecule has 0 radical (unpaired) electrons. The van der Waals surface area contributed by atoms with Crippen molar-refractivity contribution in [1.29, 1.82) is 0 Å². The lowest BCUT2D eigenvalue weighted by atomic mass is 10.0. The van der Waals surface area contributed by atoms with Crippen molar-refractivity contribution in [3.8, 4) is 0 Å². The van der Waals surface area contributed by atoms with Crippen molar-refractivity contribution in [3.63, 3.8) is 0 Å². The number of aliphatic carboxylic acids is 1. The molecule has 3 heteroatoms. The molecule has 0 aliphatic carbocycles. The Morgan fingerprint density at radius 2 is 1.78 bits per heavy atom. The van der Waals surface area contributed by atoms with Crippen LogP contribution in [0.25, 0.3) is 0 Å². The van der Waals surface area contributed by atoms with Crippen molar-refractivity contribution < 1.29 is 9.90 Å². The molecule has 0 saturated carbocycles. The quantitative estimate of drug-likeness (QED) is 0.696. The minimum Gasteiger partial charge on any atom is -0.481 e. The minimum atomic E-state index is -0.750. The number of hydrogen-bond acceptors (Lipinski definition) is 2. The second kappa shape index (κ2) is 7.88. The molecule has 0 saturated heterocycles. The topological polar surface area (TPSA) is 49.3 Å². The first-order valence-electron chi connectivity index (χ1n) is 6.58. The fraction of sp³-hybridized carbons (Fsp3) is 0.533. The summed E-state index contributed by atoms with van der Waals surface area (Å²) < 4.78 is 0. The highest BCUT2D eigenvalue weighted by Crippen LogP contribution is 2.09. The molecule has 0 amide bonds. The van der Waals surface area contributed by atoms with Crippen LogP contribution in [0.5, 0.6) is 0 Å². The Morgan fingerprint density at radius 1 is 1.17 bits per heavy atom. The van der Waals surface area contributed by atoms with Crippen LogP contribution in [0.15, 0.2) is 24.3 Å². The van der Waals surface area contributed by atoms with E-state index >= 15 is 0 Å². The smallest absolute Gasteiger partial charge is 0.304 e. The summed E-state index contributed by atoms with van der Waals surface area (Å²) in [5.41, 5.74) is 2.68. The molecule has 18 heavy (non-hydrogen) atoms. The number of carboxylic acid groups (broad SMARTS) is 1. The van der Waals surface area contributed by atoms with Gasteiger partial charge in [-0.25, -0.2) is 0 Å². The van der Waals surface area contributed by atoms with Gasteiger partial charge in [0.25, 0.3) is 0 Å². The van der Waals surface area contributed by atoms with Gasteiger partial charge in [-0.1, -0.05) is 38.1 Å². The van der Waals surface area contributed by atoms with Crippen molar-refractivity contribution in [3.05, 3.63) is 35.4 Å². The van der Waals surface area contributed by atoms with Crippen LogP contribution in [-0.2, 0) is 17.6 Å². The highest BCUT2D eigenvalue weighted by atomic mass is 16.4. The zero-order chi connectivity index (χ0) is 13.4. The molecule has 1 rings (SSSR count). The summed E-state index contributed by atoms with van der Waals surface area (Å²) in [6, 6.07) is 8.70. The third-order valence-electron chi connectivity index (χ3n) is 2.77. The van der Waals surface area contributed by atoms with E-state index < -0.39 is 5.97 Å². The Bertz CT molecular complexity index is 357. The zero-order valence-corrected chi connectivity index (χ0v) is 11.3. The third kappa shape index (κ3) is 6.40. The van der Waals surface area contributed by atoms with Crippen LogP contribution in [0.4, 0.5) is 0 Å². The summed E-state index contributed by atoms with van der Waals surface area (Å²) in [6.45, 7) is 5.82. The second-order valence-electron chi connectivity index (χ2n) is 5.06. The van der Waals surface area contributed by atoms with Gasteiger partial charge in [0, 0.05) is 6.54 Å². The molecule has 2 N–H and O–H groups in total. The molecule has 0 aliphatic rings. The lowest BCUT2D eigenvalue weighted by Crippen LogP contribution is -2.20. The van der Waals surface area contributed by atoms with Gasteiger partial charge in [-0.05, 0) is 36.4 Å². The molecule has 0 fully saturated rings. The maximum Gasteiger partial charge on any atom is 0.304 e. The van der Waals surface area contributed by atoms with Crippen LogP contribution in [0.2, 0.25) is 0 Å². The summed E-state index contributed by atoms with van der Waals surface area (Å²) in [5.74, 6) is -0.0610. The second-order valence-corrected chi connectivity index (χ2v) is 5.06. The summed E-state index contributed by atoms with van der Waals surface area (Å²) >= 11 is 0. The Balaban J connectivity index is 2.24. The molecular weight excluding hydrogens is 226 g/mol. The number of nitrogens with one attached hydrogen (secondary N) is 1. The molecule has 3 nitrogen and oxygen atoms in total. The summed E-state index contributed by atoms with van der Waals surface area (Å²) in [6.07, 6.45) is 2.26. The number of carbonyl (C=O) groups is 1. The molecule has 0 atom stereocenters. The summed E-state index contributed by atoms with van der Waals surface area (Å²) in [4.78, 5) is 10.3. The summed E-state index contributed by atoms with van der Waals surface area (Å²) in [7, 11) is 0. The van der Waals surface area contributed by atoms with E-state index in [2.05, 4.69) is 43.4 Å². The Labute approximate surface area is 109 Å². The third-order valence-corrected chi connectivity index (χ3v) is 2.77. The van der Waals surface area contributed by atoms with E-state index in [1.807, 2.05) is 0 Å². The first kappa shape index (κ1) is 14.7. The fourth-order valence-corrected chi connectivity index (χ4v) is 1.87. The first-order chi connectivity index (χ1) is 8.58. The highest BCUT2D eigenvalue weighted by Gasteiger charge is 1.99. The average molecular weight is 249 g/mol. The van der Waals surface area contributed by atoms with E-state index in [0.717, 1.165) is 19.4 Å². The lowest BCUT2D eigenvalue weighted by Gasteiger charge is -2.07. The predicted molar refractivity (Wildman–Crippen MR) is 73.8 cm³/mol. The lowest BCUT2D eigenvalue weighted by molar-refractivity contribution is -0.136. The fourth-order valence-electron chi connectivity index (χ4n) is 1.87. The number of rotatable bonds is 8. The molecule has 0 aromatic heterocycles. The minimum absolute atomic E-state index is 0.188. The van der Waals surface area contributed by atoms with Crippen LogP contribution in [0.3, 0.4) is 0 Å². The van der Waals surface area contributed by atoms with Gasteiger partial charge in [-0.2, -0.15) is 0 Å². The molecule has 0 bridgehead atoms. The number of carboxylic acids is 1. The van der Waals surface area contributed by atoms with Gasteiger partial charge in [-0.15, -0.1) is 0 Å². The molecule has 100 valence electrons. The van der Waals surface area contributed by atoms with Gasteiger partial charge >= 0.3 is 5.97 Å². The molecule has 0 heterocycles. The monoisotopic (exact) mass is 249 g/mol. The van der Waals surface area contributed by atoms with Gasteiger partial charge in [0.1, 0.15) is 0 Å². The van der Waals surface area contributed by atoms with Gasteiger partial charge in [0.15, 0.2) is 0 Å². The van der Waals surface area contributed by atoms with Gasteiger partial charge in [0.05, 0.1) is 6.42 Å². The molecule has 0 unspecified atom stereocenters. The van der Waals surface area contributed by atoms with Crippen molar-refractivity contribution in [2.24, 2.45) is 5.92 Å². The Hall–Kier alpha value is -1.35. The maximum absolute atomic E-state index is 10.3. The van der Waals surface area contributed by atoms with E-state index in [1.54, 1.807) is 0 Å². The van der Waals surface area contributed by atoms with Crippen molar-refractivity contribution in [2.45, 2.75) is 33.1 Å². The molecule has 0 spiro atoms. The molecule has 1 aromatic carbocycles. The summed E-state index contributed by atoms with van der Waals surface area (Å²) in [5, 5.41) is 11.6. The van der Waals surface area contributed by atoms with E-state index in [-0.39, 0.29) is 6.42 Å². The van der Waals surface area contributed by atoms with Crippen molar-refractivity contribution in [1.82, 2.24) is 5.32 Å². The molecular formula is C15H23NO2. The van der Waals surface area contributed by atoms with Gasteiger partial charge in [-0.3, -0.25) is 4.79 Å². The van der Waals surface area contributed by atoms with Crippen molar-refractivity contribution >= 4 is 5.97 Å². The van der Waals surface area contributed by atoms with Gasteiger partial charge < -0.3 is 10.4 Å². The number of benzene rings is 1. The number of hydrogen-bond donors (Lipinski definition) is 2. The van der Waals surface area contributed by atoms with Crippen LogP contribution >= 0.6 is 0 Å². The normalized spacial score (nSPS) is 10.8. The zero-order valence-electron chi connectivity index (χ0n) is 11.3. The standard InChI is InChI=1S/C15H23NO2/c1-12(2)11-14-5-3-13(4-6-14)7-9-16-10-8-15(17)18/h3-6,12,16H,7-11H2,1-2H3,(H,17,18). The Kier molecular flexibility index (Phi) is 6.44. The van der Waals surface area contributed by atoms with Crippen molar-refractivity contribution in [2.75, 3.05) is 13.1 Å². The van der Waals surface area contributed by atoms with E-state index in [1.165, 1.54) is 11.1 Å². The first-order valence-corrected chi connectivity index (χ1v) is 6.58.